The molecule has 0 spiro atoms. The van der Waals surface area contributed by atoms with Crippen LogP contribution in [0.15, 0.2) is 60.7 Å². The van der Waals surface area contributed by atoms with Gasteiger partial charge in [0.2, 0.25) is 0 Å². The average Bonchev–Trinajstić information content (AvgIpc) is 2.57. The molecule has 1 N–H and O–H groups in total. The van der Waals surface area contributed by atoms with Crippen LogP contribution in [-0.4, -0.2) is 32.8 Å². The number of aliphatic hydroxyl groups is 1. The van der Waals surface area contributed by atoms with Gasteiger partial charge in [-0.15, -0.1) is 0 Å². The molecule has 0 saturated carbocycles. The van der Waals surface area contributed by atoms with Gasteiger partial charge in [0.1, 0.15) is 0 Å². The zero-order chi connectivity index (χ0) is 16.9. The van der Waals surface area contributed by atoms with Crippen LogP contribution in [0.5, 0.6) is 5.75 Å². The number of aryl methyl sites for hydroxylation is 2. The van der Waals surface area contributed by atoms with Crippen LogP contribution in [-0.2, 0) is 0 Å². The van der Waals surface area contributed by atoms with Crippen LogP contribution in [0.2, 0.25) is 5.32 Å². The molecule has 0 radical (unpaired) electrons. The Labute approximate surface area is 149 Å². The summed E-state index contributed by atoms with van der Waals surface area (Å²) in [7, 11) is 0. The minimum absolute atomic E-state index is 0.262. The zero-order valence-corrected chi connectivity index (χ0v) is 15.7. The first kappa shape index (κ1) is 17.0. The van der Waals surface area contributed by atoms with Gasteiger partial charge in [0.25, 0.3) is 0 Å². The molecular weight excluding hydrogens is 363 g/mol. The van der Waals surface area contributed by atoms with E-state index in [-0.39, 0.29) is 15.0 Å². The molecule has 3 aromatic rings. The predicted octanol–water partition coefficient (Wildman–Crippen LogP) is 3.64. The second kappa shape index (κ2) is 7.85. The molecular formula is C21H22O2Se. The van der Waals surface area contributed by atoms with Crippen molar-refractivity contribution < 1.29 is 9.84 Å². The van der Waals surface area contributed by atoms with Crippen molar-refractivity contribution in [2.45, 2.75) is 25.3 Å². The number of fused-ring (bicyclic) bond motifs is 1. The van der Waals surface area contributed by atoms with Gasteiger partial charge < -0.3 is 0 Å². The summed E-state index contributed by atoms with van der Waals surface area (Å²) >= 11 is 0.262. The molecule has 0 saturated heterocycles. The SMILES string of the molecule is Cc1cc(C)cc([Se]CC(O)COc2cccc3ccccc23)c1. The molecule has 24 heavy (non-hydrogen) atoms. The second-order valence-electron chi connectivity index (χ2n) is 6.08. The first-order chi connectivity index (χ1) is 11.6. The zero-order valence-electron chi connectivity index (χ0n) is 14.0. The maximum absolute atomic E-state index is 10.3. The topological polar surface area (TPSA) is 29.5 Å². The Morgan fingerprint density at radius 3 is 2.46 bits per heavy atom. The Kier molecular flexibility index (Phi) is 5.57. The molecule has 1 unspecified atom stereocenters. The van der Waals surface area contributed by atoms with Crippen molar-refractivity contribution in [2.75, 3.05) is 6.61 Å². The molecule has 3 heteroatoms. The monoisotopic (exact) mass is 386 g/mol. The summed E-state index contributed by atoms with van der Waals surface area (Å²) < 4.78 is 7.21. The molecule has 0 fully saturated rings. The van der Waals surface area contributed by atoms with Gasteiger partial charge in [0.15, 0.2) is 0 Å². The van der Waals surface area contributed by atoms with Crippen LogP contribution in [0.25, 0.3) is 10.8 Å². The molecule has 3 aromatic carbocycles. The Morgan fingerprint density at radius 2 is 1.67 bits per heavy atom. The molecule has 3 rings (SSSR count). The summed E-state index contributed by atoms with van der Waals surface area (Å²) in [5, 5.41) is 13.3. The molecule has 0 amide bonds. The fourth-order valence-corrected chi connectivity index (χ4v) is 4.90. The molecule has 2 nitrogen and oxygen atoms in total. The maximum atomic E-state index is 10.3. The second-order valence-corrected chi connectivity index (χ2v) is 8.37. The molecule has 0 bridgehead atoms. The van der Waals surface area contributed by atoms with Crippen molar-refractivity contribution in [1.82, 2.24) is 0 Å². The van der Waals surface area contributed by atoms with Crippen molar-refractivity contribution >= 4 is 30.2 Å². The summed E-state index contributed by atoms with van der Waals surface area (Å²) in [4.78, 5) is 0. The van der Waals surface area contributed by atoms with Crippen molar-refractivity contribution in [3.8, 4) is 5.75 Å². The molecule has 0 aromatic heterocycles. The van der Waals surface area contributed by atoms with Crippen LogP contribution in [0, 0.1) is 13.8 Å². The summed E-state index contributed by atoms with van der Waals surface area (Å²) in [5.41, 5.74) is 2.57. The summed E-state index contributed by atoms with van der Waals surface area (Å²) in [5.74, 6) is 0.839. The Morgan fingerprint density at radius 1 is 0.958 bits per heavy atom. The first-order valence-electron chi connectivity index (χ1n) is 8.11. The quantitative estimate of drug-likeness (QED) is 0.657. The van der Waals surface area contributed by atoms with Gasteiger partial charge in [-0.05, 0) is 0 Å². The normalized spacial score (nSPS) is 12.3. The van der Waals surface area contributed by atoms with Crippen LogP contribution in [0.4, 0.5) is 0 Å². The van der Waals surface area contributed by atoms with E-state index in [0.717, 1.165) is 21.8 Å². The number of aliphatic hydroxyl groups excluding tert-OH is 1. The molecule has 0 aliphatic carbocycles. The third kappa shape index (κ3) is 4.39. The van der Waals surface area contributed by atoms with Crippen molar-refractivity contribution in [3.05, 3.63) is 71.8 Å². The van der Waals surface area contributed by atoms with Gasteiger partial charge in [0.05, 0.1) is 0 Å². The fraction of sp³-hybridized carbons (Fsp3) is 0.238. The molecule has 0 heterocycles. The molecule has 124 valence electrons. The van der Waals surface area contributed by atoms with Gasteiger partial charge in [-0.2, -0.15) is 0 Å². The Bertz CT molecular complexity index is 803. The Hall–Kier alpha value is -1.80. The van der Waals surface area contributed by atoms with Crippen molar-refractivity contribution in [3.63, 3.8) is 0 Å². The van der Waals surface area contributed by atoms with Gasteiger partial charge >= 0.3 is 149 Å². The van der Waals surface area contributed by atoms with E-state index in [1.807, 2.05) is 24.3 Å². The van der Waals surface area contributed by atoms with Gasteiger partial charge in [-0.25, -0.2) is 0 Å². The first-order valence-corrected chi connectivity index (χ1v) is 10.2. The van der Waals surface area contributed by atoms with Crippen LogP contribution in [0.3, 0.4) is 0 Å². The predicted molar refractivity (Wildman–Crippen MR) is 102 cm³/mol. The van der Waals surface area contributed by atoms with E-state index in [9.17, 15) is 5.11 Å². The minimum atomic E-state index is -0.440. The van der Waals surface area contributed by atoms with Crippen LogP contribution in [0.1, 0.15) is 11.1 Å². The number of ether oxygens (including phenoxy) is 1. The molecule has 0 aliphatic heterocycles. The van der Waals surface area contributed by atoms with Gasteiger partial charge in [-0.3, -0.25) is 0 Å². The van der Waals surface area contributed by atoms with E-state index in [2.05, 4.69) is 50.2 Å². The third-order valence-corrected chi connectivity index (χ3v) is 6.17. The van der Waals surface area contributed by atoms with E-state index in [0.29, 0.717) is 6.61 Å². The standard InChI is InChI=1S/C21H22O2Se/c1-15-10-16(2)12-19(11-15)24-14-18(22)13-23-21-9-5-7-17-6-3-4-8-20(17)21/h3-12,18,22H,13-14H2,1-2H3. The number of hydrogen-bond acceptors (Lipinski definition) is 2. The van der Waals surface area contributed by atoms with Crippen molar-refractivity contribution in [2.24, 2.45) is 0 Å². The number of hydrogen-bond donors (Lipinski definition) is 1. The van der Waals surface area contributed by atoms with Gasteiger partial charge in [-0.1, -0.05) is 0 Å². The van der Waals surface area contributed by atoms with E-state index >= 15 is 0 Å². The van der Waals surface area contributed by atoms with E-state index < -0.39 is 6.10 Å². The van der Waals surface area contributed by atoms with E-state index in [1.165, 1.54) is 15.6 Å². The number of rotatable bonds is 6. The van der Waals surface area contributed by atoms with E-state index in [1.54, 1.807) is 0 Å². The summed E-state index contributed by atoms with van der Waals surface area (Å²) in [6.45, 7) is 4.57. The molecule has 0 aliphatic rings. The van der Waals surface area contributed by atoms with Crippen molar-refractivity contribution in [1.29, 1.82) is 0 Å². The van der Waals surface area contributed by atoms with E-state index in [4.69, 9.17) is 4.74 Å². The average molecular weight is 385 g/mol. The number of benzene rings is 3. The third-order valence-electron chi connectivity index (χ3n) is 3.82. The van der Waals surface area contributed by atoms with Crippen LogP contribution < -0.4 is 9.20 Å². The Balaban J connectivity index is 1.58. The van der Waals surface area contributed by atoms with Crippen LogP contribution >= 0.6 is 0 Å². The fourth-order valence-electron chi connectivity index (χ4n) is 2.76. The summed E-state index contributed by atoms with van der Waals surface area (Å²) in [6, 6.07) is 20.8. The molecule has 1 atom stereocenters. The van der Waals surface area contributed by atoms with Gasteiger partial charge in [0, 0.05) is 0 Å². The summed E-state index contributed by atoms with van der Waals surface area (Å²) in [6.07, 6.45) is -0.440.